The molecule has 86 valence electrons. The fourth-order valence-corrected chi connectivity index (χ4v) is 1.14. The van der Waals surface area contributed by atoms with Gasteiger partial charge >= 0.3 is 12.0 Å². The molecule has 0 spiro atoms. The van der Waals surface area contributed by atoms with Gasteiger partial charge in [-0.3, -0.25) is 0 Å². The topological polar surface area (TPSA) is 104 Å². The van der Waals surface area contributed by atoms with Crippen molar-refractivity contribution in [3.63, 3.8) is 0 Å². The van der Waals surface area contributed by atoms with Crippen LogP contribution in [0.4, 0.5) is 16.2 Å². The van der Waals surface area contributed by atoms with Gasteiger partial charge in [0.25, 0.3) is 0 Å². The second-order valence-corrected chi connectivity index (χ2v) is 3.09. The number of carbonyl (C=O) groups is 2. The van der Waals surface area contributed by atoms with Crippen LogP contribution in [0.1, 0.15) is 17.3 Å². The first-order chi connectivity index (χ1) is 7.54. The van der Waals surface area contributed by atoms with Gasteiger partial charge in [-0.25, -0.2) is 9.59 Å². The summed E-state index contributed by atoms with van der Waals surface area (Å²) in [6.45, 7) is 2.29. The van der Waals surface area contributed by atoms with Gasteiger partial charge in [0.2, 0.25) is 0 Å². The molecule has 5 N–H and O–H groups in total. The van der Waals surface area contributed by atoms with Crippen molar-refractivity contribution in [2.45, 2.75) is 6.92 Å². The van der Waals surface area contributed by atoms with Crippen molar-refractivity contribution in [3.8, 4) is 0 Å². The SMILES string of the molecule is CCNC(=O)Nc1ccc(C(=O)O)cc1N. The Labute approximate surface area is 92.4 Å². The lowest BCUT2D eigenvalue weighted by molar-refractivity contribution is 0.0697. The third kappa shape index (κ3) is 2.88. The molecule has 0 bridgehead atoms. The summed E-state index contributed by atoms with van der Waals surface area (Å²) in [6, 6.07) is 3.75. The molecule has 0 aliphatic heterocycles. The van der Waals surface area contributed by atoms with Crippen molar-refractivity contribution >= 4 is 23.4 Å². The Morgan fingerprint density at radius 3 is 2.62 bits per heavy atom. The molecule has 0 saturated heterocycles. The largest absolute Gasteiger partial charge is 0.478 e. The molecule has 2 amide bonds. The van der Waals surface area contributed by atoms with Crippen molar-refractivity contribution in [1.29, 1.82) is 0 Å². The van der Waals surface area contributed by atoms with Crippen LogP contribution in [-0.2, 0) is 0 Å². The minimum Gasteiger partial charge on any atom is -0.478 e. The van der Waals surface area contributed by atoms with Crippen molar-refractivity contribution in [2.75, 3.05) is 17.6 Å². The van der Waals surface area contributed by atoms with E-state index in [1.807, 2.05) is 0 Å². The zero-order chi connectivity index (χ0) is 12.1. The fourth-order valence-electron chi connectivity index (χ4n) is 1.14. The van der Waals surface area contributed by atoms with Crippen molar-refractivity contribution in [2.24, 2.45) is 0 Å². The molecule has 0 aliphatic carbocycles. The molecule has 6 nitrogen and oxygen atoms in total. The molecule has 1 rings (SSSR count). The summed E-state index contributed by atoms with van der Waals surface area (Å²) in [5.74, 6) is -1.06. The Bertz CT molecular complexity index is 418. The fraction of sp³-hybridized carbons (Fsp3) is 0.200. The van der Waals surface area contributed by atoms with E-state index in [0.717, 1.165) is 0 Å². The third-order valence-electron chi connectivity index (χ3n) is 1.88. The van der Waals surface area contributed by atoms with Gasteiger partial charge in [0, 0.05) is 6.54 Å². The number of nitrogen functional groups attached to an aromatic ring is 1. The Morgan fingerprint density at radius 2 is 2.12 bits per heavy atom. The van der Waals surface area contributed by atoms with Gasteiger partial charge in [-0.05, 0) is 25.1 Å². The molecule has 0 aliphatic rings. The van der Waals surface area contributed by atoms with Gasteiger partial charge in [0.1, 0.15) is 0 Å². The highest BCUT2D eigenvalue weighted by molar-refractivity contribution is 5.95. The Morgan fingerprint density at radius 1 is 1.44 bits per heavy atom. The van der Waals surface area contributed by atoms with E-state index in [1.54, 1.807) is 6.92 Å². The van der Waals surface area contributed by atoms with Gasteiger partial charge in [-0.15, -0.1) is 0 Å². The number of anilines is 2. The van der Waals surface area contributed by atoms with E-state index >= 15 is 0 Å². The Hall–Kier alpha value is -2.24. The average molecular weight is 223 g/mol. The highest BCUT2D eigenvalue weighted by Gasteiger charge is 2.07. The average Bonchev–Trinajstić information content (AvgIpc) is 2.21. The number of carboxylic acids is 1. The predicted molar refractivity (Wildman–Crippen MR) is 60.5 cm³/mol. The summed E-state index contributed by atoms with van der Waals surface area (Å²) >= 11 is 0. The van der Waals surface area contributed by atoms with Crippen LogP contribution in [0, 0.1) is 0 Å². The van der Waals surface area contributed by atoms with E-state index in [9.17, 15) is 9.59 Å². The van der Waals surface area contributed by atoms with E-state index in [0.29, 0.717) is 12.2 Å². The van der Waals surface area contributed by atoms with E-state index in [2.05, 4.69) is 10.6 Å². The number of hydrogen-bond donors (Lipinski definition) is 4. The molecule has 6 heteroatoms. The molecule has 1 aromatic carbocycles. The lowest BCUT2D eigenvalue weighted by Crippen LogP contribution is -2.28. The van der Waals surface area contributed by atoms with Gasteiger partial charge in [0.05, 0.1) is 16.9 Å². The van der Waals surface area contributed by atoms with E-state index in [-0.39, 0.29) is 17.3 Å². The molecule has 0 aromatic heterocycles. The number of carboxylic acid groups (broad SMARTS) is 1. The minimum absolute atomic E-state index is 0.0824. The van der Waals surface area contributed by atoms with E-state index < -0.39 is 5.97 Å². The molecular weight excluding hydrogens is 210 g/mol. The smallest absolute Gasteiger partial charge is 0.335 e. The summed E-state index contributed by atoms with van der Waals surface area (Å²) < 4.78 is 0. The molecule has 0 unspecified atom stereocenters. The number of urea groups is 1. The zero-order valence-electron chi connectivity index (χ0n) is 8.78. The number of carbonyl (C=O) groups excluding carboxylic acids is 1. The van der Waals surface area contributed by atoms with E-state index in [1.165, 1.54) is 18.2 Å². The maximum absolute atomic E-state index is 11.2. The molecule has 1 aromatic rings. The number of rotatable bonds is 3. The first-order valence-corrected chi connectivity index (χ1v) is 4.72. The summed E-state index contributed by atoms with van der Waals surface area (Å²) in [5.41, 5.74) is 6.28. The van der Waals surface area contributed by atoms with Gasteiger partial charge in [-0.1, -0.05) is 0 Å². The third-order valence-corrected chi connectivity index (χ3v) is 1.88. The van der Waals surface area contributed by atoms with Crippen molar-refractivity contribution in [3.05, 3.63) is 23.8 Å². The highest BCUT2D eigenvalue weighted by Crippen LogP contribution is 2.19. The van der Waals surface area contributed by atoms with Crippen LogP contribution in [0.3, 0.4) is 0 Å². The van der Waals surface area contributed by atoms with Gasteiger partial charge in [0.15, 0.2) is 0 Å². The number of benzene rings is 1. The zero-order valence-corrected chi connectivity index (χ0v) is 8.78. The van der Waals surface area contributed by atoms with Crippen LogP contribution in [0.25, 0.3) is 0 Å². The van der Waals surface area contributed by atoms with Crippen LogP contribution in [0.2, 0.25) is 0 Å². The standard InChI is InChI=1S/C10H13N3O3/c1-2-12-10(16)13-8-4-3-6(9(14)15)5-7(8)11/h3-5H,2,11H2,1H3,(H,14,15)(H2,12,13,16). The first kappa shape index (κ1) is 11.8. The second kappa shape index (κ2) is 5.01. The summed E-state index contributed by atoms with van der Waals surface area (Å²) in [4.78, 5) is 21.8. The van der Waals surface area contributed by atoms with Crippen molar-refractivity contribution in [1.82, 2.24) is 5.32 Å². The molecule has 0 saturated carbocycles. The minimum atomic E-state index is -1.06. The van der Waals surface area contributed by atoms with E-state index in [4.69, 9.17) is 10.8 Å². The van der Waals surface area contributed by atoms with Crippen molar-refractivity contribution < 1.29 is 14.7 Å². The monoisotopic (exact) mass is 223 g/mol. The van der Waals surface area contributed by atoms with Crippen LogP contribution < -0.4 is 16.4 Å². The maximum Gasteiger partial charge on any atom is 0.335 e. The first-order valence-electron chi connectivity index (χ1n) is 4.72. The highest BCUT2D eigenvalue weighted by atomic mass is 16.4. The molecule has 16 heavy (non-hydrogen) atoms. The van der Waals surface area contributed by atoms with Crippen LogP contribution in [0.5, 0.6) is 0 Å². The molecule has 0 atom stereocenters. The lowest BCUT2D eigenvalue weighted by Gasteiger charge is -2.08. The maximum atomic E-state index is 11.2. The second-order valence-electron chi connectivity index (χ2n) is 3.09. The normalized spacial score (nSPS) is 9.56. The number of aromatic carboxylic acids is 1. The van der Waals surface area contributed by atoms with Crippen LogP contribution >= 0.6 is 0 Å². The molecular formula is C10H13N3O3. The quantitative estimate of drug-likeness (QED) is 0.576. The molecule has 0 heterocycles. The Kier molecular flexibility index (Phi) is 3.71. The van der Waals surface area contributed by atoms with Gasteiger partial charge < -0.3 is 21.5 Å². The predicted octanol–water partition coefficient (Wildman–Crippen LogP) is 1.11. The summed E-state index contributed by atoms with van der Waals surface area (Å²) in [7, 11) is 0. The summed E-state index contributed by atoms with van der Waals surface area (Å²) in [5, 5.41) is 13.8. The number of nitrogens with two attached hydrogens (primary N) is 1. The van der Waals surface area contributed by atoms with Crippen LogP contribution in [-0.4, -0.2) is 23.7 Å². The summed E-state index contributed by atoms with van der Waals surface area (Å²) in [6.07, 6.45) is 0. The number of amides is 2. The molecule has 0 fully saturated rings. The molecule has 0 radical (unpaired) electrons. The van der Waals surface area contributed by atoms with Gasteiger partial charge in [-0.2, -0.15) is 0 Å². The number of hydrogen-bond acceptors (Lipinski definition) is 3. The Balaban J connectivity index is 2.83. The number of nitrogens with one attached hydrogen (secondary N) is 2. The lowest BCUT2D eigenvalue weighted by atomic mass is 10.2. The van der Waals surface area contributed by atoms with Crippen LogP contribution in [0.15, 0.2) is 18.2 Å².